The average molecular weight is 483 g/mol. The number of rotatable bonds is 12. The Bertz CT molecular complexity index is 721. The molecule has 0 spiro atoms. The molecule has 2 N–H and O–H groups in total. The van der Waals surface area contributed by atoms with E-state index in [2.05, 4.69) is 26.6 Å². The smallest absolute Gasteiger partial charge is 0.408 e. The third-order valence-electron chi connectivity index (χ3n) is 4.26. The van der Waals surface area contributed by atoms with Crippen molar-refractivity contribution in [3.63, 3.8) is 0 Å². The molecule has 2 amide bonds. The lowest BCUT2D eigenvalue weighted by Crippen LogP contribution is -2.53. The zero-order chi connectivity index (χ0) is 22.7. The molecule has 0 aliphatic rings. The molecule has 1 aromatic carbocycles. The third-order valence-corrected chi connectivity index (χ3v) is 4.77. The summed E-state index contributed by atoms with van der Waals surface area (Å²) >= 11 is 2.99. The number of hydrogen-bond acceptors (Lipinski definition) is 5. The highest BCUT2D eigenvalue weighted by atomic mass is 79.9. The maximum atomic E-state index is 12.8. The fourth-order valence-electron chi connectivity index (χ4n) is 2.85. The van der Waals surface area contributed by atoms with Crippen LogP contribution in [0.3, 0.4) is 0 Å². The van der Waals surface area contributed by atoms with E-state index < -0.39 is 35.7 Å². The molecule has 166 valence electrons. The van der Waals surface area contributed by atoms with E-state index in [9.17, 15) is 19.2 Å². The van der Waals surface area contributed by atoms with Gasteiger partial charge in [0.25, 0.3) is 0 Å². The Balaban J connectivity index is 2.80. The molecule has 0 fully saturated rings. The molecule has 1 aromatic rings. The Labute approximate surface area is 186 Å². The van der Waals surface area contributed by atoms with Gasteiger partial charge < -0.3 is 15.4 Å². The second-order valence-corrected chi connectivity index (χ2v) is 8.56. The standard InChI is InChI=1S/C22H31BrN2O5/c1-14(2)10-17(20(27)19(26)12-23)24-21(28)18(11-15(3)4)25-22(29)30-13-16-8-6-5-7-9-16/h5-9,14-15,17-18H,10-13H2,1-4H3,(H,24,28)(H,25,29)/t17-,18-/m0/s1. The Morgan fingerprint density at radius 2 is 1.47 bits per heavy atom. The lowest BCUT2D eigenvalue weighted by Gasteiger charge is -2.24. The highest BCUT2D eigenvalue weighted by Crippen LogP contribution is 2.11. The summed E-state index contributed by atoms with van der Waals surface area (Å²) in [6.07, 6.45) is -0.0276. The number of ketones is 2. The minimum atomic E-state index is -0.931. The van der Waals surface area contributed by atoms with Gasteiger partial charge in [0.15, 0.2) is 0 Å². The van der Waals surface area contributed by atoms with Gasteiger partial charge in [0.05, 0.1) is 11.4 Å². The van der Waals surface area contributed by atoms with Crippen molar-refractivity contribution in [1.82, 2.24) is 10.6 Å². The molecule has 0 heterocycles. The van der Waals surface area contributed by atoms with Crippen LogP contribution in [-0.4, -0.2) is 41.0 Å². The van der Waals surface area contributed by atoms with Crippen molar-refractivity contribution in [3.05, 3.63) is 35.9 Å². The number of carbonyl (C=O) groups is 4. The van der Waals surface area contributed by atoms with Gasteiger partial charge in [-0.2, -0.15) is 0 Å². The highest BCUT2D eigenvalue weighted by molar-refractivity contribution is 9.09. The van der Waals surface area contributed by atoms with E-state index in [1.807, 2.05) is 58.0 Å². The number of alkyl halides is 1. The zero-order valence-electron chi connectivity index (χ0n) is 17.9. The topological polar surface area (TPSA) is 102 Å². The van der Waals surface area contributed by atoms with Crippen LogP contribution in [0, 0.1) is 11.8 Å². The minimum Gasteiger partial charge on any atom is -0.445 e. The number of Topliss-reactive ketones (excluding diaryl/α,β-unsaturated/α-hetero) is 2. The van der Waals surface area contributed by atoms with Gasteiger partial charge in [-0.25, -0.2) is 4.79 Å². The van der Waals surface area contributed by atoms with Crippen LogP contribution < -0.4 is 10.6 Å². The highest BCUT2D eigenvalue weighted by Gasteiger charge is 2.30. The van der Waals surface area contributed by atoms with Gasteiger partial charge in [0.1, 0.15) is 12.6 Å². The Morgan fingerprint density at radius 1 is 0.900 bits per heavy atom. The van der Waals surface area contributed by atoms with E-state index >= 15 is 0 Å². The van der Waals surface area contributed by atoms with E-state index in [4.69, 9.17) is 4.74 Å². The van der Waals surface area contributed by atoms with Crippen molar-refractivity contribution >= 4 is 39.5 Å². The first-order valence-corrected chi connectivity index (χ1v) is 11.2. The van der Waals surface area contributed by atoms with E-state index in [0.29, 0.717) is 12.8 Å². The van der Waals surface area contributed by atoms with Gasteiger partial charge >= 0.3 is 6.09 Å². The summed E-state index contributed by atoms with van der Waals surface area (Å²) < 4.78 is 5.21. The lowest BCUT2D eigenvalue weighted by molar-refractivity contribution is -0.138. The fraction of sp³-hybridized carbons (Fsp3) is 0.545. The number of hydrogen-bond donors (Lipinski definition) is 2. The number of amides is 2. The van der Waals surface area contributed by atoms with Crippen molar-refractivity contribution in [2.75, 3.05) is 5.33 Å². The molecule has 30 heavy (non-hydrogen) atoms. The van der Waals surface area contributed by atoms with Crippen LogP contribution in [0.4, 0.5) is 4.79 Å². The number of carbonyl (C=O) groups excluding carboxylic acids is 4. The van der Waals surface area contributed by atoms with Crippen LogP contribution in [0.15, 0.2) is 30.3 Å². The minimum absolute atomic E-state index is 0.0803. The molecule has 0 radical (unpaired) electrons. The first kappa shape index (κ1) is 25.8. The molecule has 0 aromatic heterocycles. The lowest BCUT2D eigenvalue weighted by atomic mass is 9.97. The van der Waals surface area contributed by atoms with Crippen molar-refractivity contribution in [1.29, 1.82) is 0 Å². The van der Waals surface area contributed by atoms with Crippen LogP contribution in [0.25, 0.3) is 0 Å². The van der Waals surface area contributed by atoms with Crippen LogP contribution in [0.5, 0.6) is 0 Å². The van der Waals surface area contributed by atoms with Gasteiger partial charge in [-0.05, 0) is 30.2 Å². The largest absolute Gasteiger partial charge is 0.445 e. The van der Waals surface area contributed by atoms with Crippen molar-refractivity contribution in [2.24, 2.45) is 11.8 Å². The SMILES string of the molecule is CC(C)C[C@H](NC(=O)OCc1ccccc1)C(=O)N[C@@H](CC(C)C)C(=O)C(=O)CBr. The third kappa shape index (κ3) is 9.52. The van der Waals surface area contributed by atoms with Crippen LogP contribution in [0.1, 0.15) is 46.1 Å². The van der Waals surface area contributed by atoms with Gasteiger partial charge in [-0.15, -0.1) is 0 Å². The normalized spacial score (nSPS) is 12.9. The van der Waals surface area contributed by atoms with Crippen molar-refractivity contribution in [2.45, 2.75) is 59.2 Å². The molecule has 8 heteroatoms. The van der Waals surface area contributed by atoms with E-state index in [1.54, 1.807) is 0 Å². The first-order valence-electron chi connectivity index (χ1n) is 10.0. The summed E-state index contributed by atoms with van der Waals surface area (Å²) in [4.78, 5) is 49.3. The Morgan fingerprint density at radius 3 is 2.00 bits per heavy atom. The monoisotopic (exact) mass is 482 g/mol. The number of ether oxygens (including phenoxy) is 1. The number of halogens is 1. The molecule has 1 rings (SSSR count). The van der Waals surface area contributed by atoms with Crippen LogP contribution in [0.2, 0.25) is 0 Å². The summed E-state index contributed by atoms with van der Waals surface area (Å²) in [5.74, 6) is -1.56. The number of alkyl carbamates (subject to hydrolysis) is 1. The summed E-state index contributed by atoms with van der Waals surface area (Å²) in [7, 11) is 0. The molecule has 2 atom stereocenters. The van der Waals surface area contributed by atoms with Gasteiger partial charge in [0, 0.05) is 0 Å². The molecular weight excluding hydrogens is 452 g/mol. The van der Waals surface area contributed by atoms with Gasteiger partial charge in [0.2, 0.25) is 17.5 Å². The van der Waals surface area contributed by atoms with E-state index in [-0.39, 0.29) is 23.8 Å². The van der Waals surface area contributed by atoms with Gasteiger partial charge in [-0.3, -0.25) is 14.4 Å². The predicted octanol–water partition coefficient (Wildman–Crippen LogP) is 3.39. The average Bonchev–Trinajstić information content (AvgIpc) is 2.70. The molecule has 0 bridgehead atoms. The van der Waals surface area contributed by atoms with Gasteiger partial charge in [-0.1, -0.05) is 74.0 Å². The zero-order valence-corrected chi connectivity index (χ0v) is 19.5. The molecule has 0 saturated heterocycles. The van der Waals surface area contributed by atoms with Crippen LogP contribution in [-0.2, 0) is 25.7 Å². The Hall–Kier alpha value is -2.22. The number of nitrogens with one attached hydrogen (secondary N) is 2. The molecule has 0 saturated carbocycles. The van der Waals surface area contributed by atoms with E-state index in [0.717, 1.165) is 5.56 Å². The quantitative estimate of drug-likeness (QED) is 0.351. The predicted molar refractivity (Wildman–Crippen MR) is 118 cm³/mol. The number of benzene rings is 1. The van der Waals surface area contributed by atoms with Crippen molar-refractivity contribution in [3.8, 4) is 0 Å². The summed E-state index contributed by atoms with van der Waals surface area (Å²) in [5.41, 5.74) is 0.827. The second kappa shape index (κ2) is 13.2. The van der Waals surface area contributed by atoms with E-state index in [1.165, 1.54) is 0 Å². The summed E-state index contributed by atoms with van der Waals surface area (Å²) in [6.45, 7) is 7.72. The Kier molecular flexibility index (Phi) is 11.3. The van der Waals surface area contributed by atoms with Crippen LogP contribution >= 0.6 is 15.9 Å². The second-order valence-electron chi connectivity index (χ2n) is 8.00. The summed E-state index contributed by atoms with van der Waals surface area (Å²) in [6, 6.07) is 7.39. The molecular formula is C22H31BrN2O5. The molecule has 0 aliphatic heterocycles. The first-order chi connectivity index (χ1) is 14.1. The molecule has 7 nitrogen and oxygen atoms in total. The molecule has 0 aliphatic carbocycles. The van der Waals surface area contributed by atoms with Crippen molar-refractivity contribution < 1.29 is 23.9 Å². The fourth-order valence-corrected chi connectivity index (χ4v) is 3.12. The maximum Gasteiger partial charge on any atom is 0.408 e. The molecule has 0 unspecified atom stereocenters. The summed E-state index contributed by atoms with van der Waals surface area (Å²) in [5, 5.41) is 5.13. The maximum absolute atomic E-state index is 12.8.